The maximum Gasteiger partial charge on any atom is 0.336 e. The molecular formula is C40H50O6. The largest absolute Gasteiger partial charge is 0.478 e. The molecule has 0 saturated carbocycles. The number of carbonyl (C=O) groups excluding carboxylic acids is 2. The first-order valence-electron chi connectivity index (χ1n) is 17.2. The van der Waals surface area contributed by atoms with E-state index in [1.165, 1.54) is 64.2 Å². The number of rotatable bonds is 22. The minimum absolute atomic E-state index is 0.212. The average Bonchev–Trinajstić information content (AvgIpc) is 3.06. The van der Waals surface area contributed by atoms with Crippen LogP contribution in [0, 0.1) is 0 Å². The van der Waals surface area contributed by atoms with Crippen molar-refractivity contribution in [2.45, 2.75) is 117 Å². The molecule has 3 rings (SSSR count). The van der Waals surface area contributed by atoms with Gasteiger partial charge < -0.3 is 10.2 Å². The Kier molecular flexibility index (Phi) is 15.4. The zero-order chi connectivity index (χ0) is 33.3. The van der Waals surface area contributed by atoms with Crippen LogP contribution in [0.5, 0.6) is 0 Å². The van der Waals surface area contributed by atoms with Gasteiger partial charge in [-0.15, -0.1) is 0 Å². The molecular weight excluding hydrogens is 576 g/mol. The second-order valence-corrected chi connectivity index (χ2v) is 12.3. The van der Waals surface area contributed by atoms with Gasteiger partial charge in [-0.05, 0) is 48.9 Å². The Morgan fingerprint density at radius 3 is 1.07 bits per heavy atom. The molecule has 0 aliphatic heterocycles. The number of carboxylic acid groups (broad SMARTS) is 2. The fourth-order valence-corrected chi connectivity index (χ4v) is 5.86. The van der Waals surface area contributed by atoms with Crippen LogP contribution >= 0.6 is 0 Å². The Bertz CT molecular complexity index is 1330. The van der Waals surface area contributed by atoms with Crippen LogP contribution in [0.4, 0.5) is 0 Å². The summed E-state index contributed by atoms with van der Waals surface area (Å²) in [6.45, 7) is 4.41. The molecule has 0 aliphatic carbocycles. The Morgan fingerprint density at radius 1 is 0.435 bits per heavy atom. The van der Waals surface area contributed by atoms with Gasteiger partial charge in [0.2, 0.25) is 0 Å². The minimum Gasteiger partial charge on any atom is -0.478 e. The van der Waals surface area contributed by atoms with Crippen molar-refractivity contribution in [1.29, 1.82) is 0 Å². The number of hydrogen-bond acceptors (Lipinski definition) is 4. The SMILES string of the molecule is CCCCCCCCCc1ccc(C(=O)c2cc(C(=O)c3ccc(CCCCCCCCC)cc3)c(C(=O)O)cc2C(=O)O)cc1. The van der Waals surface area contributed by atoms with E-state index in [1.54, 1.807) is 24.3 Å². The van der Waals surface area contributed by atoms with Crippen molar-refractivity contribution in [1.82, 2.24) is 0 Å². The van der Waals surface area contributed by atoms with Crippen LogP contribution in [0.2, 0.25) is 0 Å². The molecule has 3 aromatic rings. The van der Waals surface area contributed by atoms with Crippen LogP contribution in [-0.4, -0.2) is 33.7 Å². The molecule has 2 N–H and O–H groups in total. The van der Waals surface area contributed by atoms with E-state index in [9.17, 15) is 29.4 Å². The molecule has 46 heavy (non-hydrogen) atoms. The quantitative estimate of drug-likeness (QED) is 0.0848. The second-order valence-electron chi connectivity index (χ2n) is 12.3. The van der Waals surface area contributed by atoms with E-state index < -0.39 is 34.6 Å². The highest BCUT2D eigenvalue weighted by molar-refractivity contribution is 6.19. The molecule has 0 amide bonds. The minimum atomic E-state index is -1.44. The van der Waals surface area contributed by atoms with Gasteiger partial charge in [-0.2, -0.15) is 0 Å². The summed E-state index contributed by atoms with van der Waals surface area (Å²) in [5.74, 6) is -4.02. The molecule has 0 unspecified atom stereocenters. The van der Waals surface area contributed by atoms with Crippen LogP contribution in [0.25, 0.3) is 0 Å². The summed E-state index contributed by atoms with van der Waals surface area (Å²) in [6, 6.07) is 16.2. The van der Waals surface area contributed by atoms with E-state index in [0.29, 0.717) is 0 Å². The Hall–Kier alpha value is -4.06. The maximum atomic E-state index is 13.6. The van der Waals surface area contributed by atoms with Crippen molar-refractivity contribution >= 4 is 23.5 Å². The molecule has 6 nitrogen and oxygen atoms in total. The number of aryl methyl sites for hydroxylation is 2. The van der Waals surface area contributed by atoms with Crippen molar-refractivity contribution in [3.63, 3.8) is 0 Å². The van der Waals surface area contributed by atoms with Crippen molar-refractivity contribution in [2.75, 3.05) is 0 Å². The van der Waals surface area contributed by atoms with E-state index in [2.05, 4.69) is 13.8 Å². The smallest absolute Gasteiger partial charge is 0.336 e. The van der Waals surface area contributed by atoms with Gasteiger partial charge in [0, 0.05) is 22.3 Å². The van der Waals surface area contributed by atoms with Gasteiger partial charge in [-0.1, -0.05) is 139 Å². The summed E-state index contributed by atoms with van der Waals surface area (Å²) < 4.78 is 0. The number of carboxylic acids is 2. The number of unbranched alkanes of at least 4 members (excludes halogenated alkanes) is 12. The van der Waals surface area contributed by atoms with Gasteiger partial charge in [0.15, 0.2) is 11.6 Å². The van der Waals surface area contributed by atoms with Gasteiger partial charge in [0.05, 0.1) is 11.1 Å². The van der Waals surface area contributed by atoms with Crippen LogP contribution in [0.1, 0.15) is 167 Å². The average molecular weight is 627 g/mol. The first-order chi connectivity index (χ1) is 22.3. The molecule has 0 bridgehead atoms. The summed E-state index contributed by atoms with van der Waals surface area (Å²) in [5, 5.41) is 19.8. The Labute approximate surface area is 274 Å². The standard InChI is InChI=1S/C40H50O6/c1-3-5-7-9-11-13-15-17-29-19-23-31(24-20-29)37(41)33-27-34(36(40(45)46)28-35(33)39(43)44)38(42)32-25-21-30(22-26-32)18-16-14-12-10-8-6-4-2/h19-28H,3-18H2,1-2H3,(H,43,44)(H,45,46). The highest BCUT2D eigenvalue weighted by Crippen LogP contribution is 2.25. The molecule has 0 saturated heterocycles. The van der Waals surface area contributed by atoms with Crippen LogP contribution in [0.3, 0.4) is 0 Å². The van der Waals surface area contributed by atoms with Gasteiger partial charge in [0.25, 0.3) is 0 Å². The molecule has 3 aromatic carbocycles. The molecule has 0 fully saturated rings. The van der Waals surface area contributed by atoms with E-state index >= 15 is 0 Å². The summed E-state index contributed by atoms with van der Waals surface area (Å²) in [6.07, 6.45) is 18.7. The molecule has 0 radical (unpaired) electrons. The first-order valence-corrected chi connectivity index (χ1v) is 17.2. The number of hydrogen-bond donors (Lipinski definition) is 2. The fraction of sp³-hybridized carbons (Fsp3) is 0.450. The fourth-order valence-electron chi connectivity index (χ4n) is 5.86. The van der Waals surface area contributed by atoms with Gasteiger partial charge in [-0.3, -0.25) is 9.59 Å². The summed E-state index contributed by atoms with van der Waals surface area (Å²) in [5.41, 5.74) is 1.43. The molecule has 0 atom stereocenters. The van der Waals surface area contributed by atoms with Crippen molar-refractivity contribution < 1.29 is 29.4 Å². The molecule has 6 heteroatoms. The van der Waals surface area contributed by atoms with Crippen molar-refractivity contribution in [3.8, 4) is 0 Å². The number of carbonyl (C=O) groups is 4. The zero-order valence-corrected chi connectivity index (χ0v) is 27.6. The molecule has 0 heterocycles. The summed E-state index contributed by atoms with van der Waals surface area (Å²) >= 11 is 0. The molecule has 0 aromatic heterocycles. The lowest BCUT2D eigenvalue weighted by molar-refractivity contribution is 0.0690. The van der Waals surface area contributed by atoms with Gasteiger partial charge in [-0.25, -0.2) is 9.59 Å². The van der Waals surface area contributed by atoms with E-state index in [0.717, 1.165) is 61.8 Å². The molecule has 246 valence electrons. The third kappa shape index (κ3) is 11.1. The third-order valence-electron chi connectivity index (χ3n) is 8.68. The topological polar surface area (TPSA) is 109 Å². The lowest BCUT2D eigenvalue weighted by Gasteiger charge is -2.12. The van der Waals surface area contributed by atoms with Crippen molar-refractivity contribution in [2.24, 2.45) is 0 Å². The van der Waals surface area contributed by atoms with Crippen molar-refractivity contribution in [3.05, 3.63) is 105 Å². The van der Waals surface area contributed by atoms with E-state index in [1.807, 2.05) is 24.3 Å². The Morgan fingerprint density at radius 2 is 0.739 bits per heavy atom. The number of benzene rings is 3. The van der Waals surface area contributed by atoms with E-state index in [-0.39, 0.29) is 22.3 Å². The van der Waals surface area contributed by atoms with Gasteiger partial charge in [0.1, 0.15) is 0 Å². The predicted octanol–water partition coefficient (Wildman–Crippen LogP) is 10.1. The normalized spacial score (nSPS) is 11.0. The highest BCUT2D eigenvalue weighted by atomic mass is 16.4. The van der Waals surface area contributed by atoms with Crippen LogP contribution in [0.15, 0.2) is 60.7 Å². The zero-order valence-electron chi connectivity index (χ0n) is 27.6. The third-order valence-corrected chi connectivity index (χ3v) is 8.68. The monoisotopic (exact) mass is 626 g/mol. The highest BCUT2D eigenvalue weighted by Gasteiger charge is 2.26. The molecule has 0 aliphatic rings. The molecule has 0 spiro atoms. The maximum absolute atomic E-state index is 13.6. The lowest BCUT2D eigenvalue weighted by Crippen LogP contribution is -2.17. The number of ketones is 2. The first kappa shape index (κ1) is 36.4. The van der Waals surface area contributed by atoms with E-state index in [4.69, 9.17) is 0 Å². The summed E-state index contributed by atoms with van der Waals surface area (Å²) in [7, 11) is 0. The summed E-state index contributed by atoms with van der Waals surface area (Å²) in [4.78, 5) is 51.5. The number of aromatic carboxylic acids is 2. The second kappa shape index (κ2) is 19.5. The van der Waals surface area contributed by atoms with Crippen LogP contribution in [-0.2, 0) is 12.8 Å². The van der Waals surface area contributed by atoms with Gasteiger partial charge >= 0.3 is 11.9 Å². The Balaban J connectivity index is 1.75. The predicted molar refractivity (Wildman–Crippen MR) is 184 cm³/mol. The lowest BCUT2D eigenvalue weighted by atomic mass is 9.89. The van der Waals surface area contributed by atoms with Crippen LogP contribution < -0.4 is 0 Å².